The van der Waals surface area contributed by atoms with Gasteiger partial charge < -0.3 is 4.90 Å². The highest BCUT2D eigenvalue weighted by molar-refractivity contribution is 7.16. The number of nitrogens with zero attached hydrogens (tertiary/aromatic N) is 3. The van der Waals surface area contributed by atoms with Crippen molar-refractivity contribution in [1.82, 2.24) is 14.9 Å². The average molecular weight is 325 g/mol. The highest BCUT2D eigenvalue weighted by Crippen LogP contribution is 2.20. The summed E-state index contributed by atoms with van der Waals surface area (Å²) < 4.78 is 1.04. The van der Waals surface area contributed by atoms with Crippen LogP contribution in [-0.4, -0.2) is 33.9 Å². The molecule has 0 spiro atoms. The third-order valence-electron chi connectivity index (χ3n) is 4.04. The van der Waals surface area contributed by atoms with Crippen molar-refractivity contribution in [2.24, 2.45) is 0 Å². The van der Waals surface area contributed by atoms with E-state index in [-0.39, 0.29) is 11.9 Å². The van der Waals surface area contributed by atoms with Gasteiger partial charge in [-0.2, -0.15) is 0 Å². The van der Waals surface area contributed by atoms with Crippen LogP contribution in [0.25, 0.3) is 10.2 Å². The van der Waals surface area contributed by atoms with Crippen molar-refractivity contribution >= 4 is 27.5 Å². The molecule has 0 aliphatic rings. The molecule has 23 heavy (non-hydrogen) atoms. The number of fused-ring (bicyclic) bond motifs is 1. The van der Waals surface area contributed by atoms with Crippen LogP contribution in [-0.2, 0) is 6.42 Å². The monoisotopic (exact) mass is 325 g/mol. The number of pyridine rings is 1. The Labute approximate surface area is 139 Å². The lowest BCUT2D eigenvalue weighted by Gasteiger charge is -2.25. The molecule has 1 amide bonds. The largest absolute Gasteiger partial charge is 0.339 e. The normalized spacial score (nSPS) is 12.3. The molecule has 1 aromatic carbocycles. The van der Waals surface area contributed by atoms with Crippen molar-refractivity contribution in [2.75, 3.05) is 7.05 Å². The number of likely N-dealkylation sites (N-methyl/N-ethyl adjacent to an activating group) is 1. The highest BCUT2D eigenvalue weighted by atomic mass is 32.1. The number of carbonyl (C=O) groups excluding carboxylic acids is 1. The molecule has 2 heterocycles. The van der Waals surface area contributed by atoms with Crippen molar-refractivity contribution in [2.45, 2.75) is 26.3 Å². The van der Waals surface area contributed by atoms with E-state index in [2.05, 4.69) is 23.0 Å². The number of amides is 1. The Balaban J connectivity index is 1.75. The number of aromatic nitrogens is 2. The first-order valence-corrected chi connectivity index (χ1v) is 8.44. The van der Waals surface area contributed by atoms with Crippen molar-refractivity contribution in [3.05, 3.63) is 58.9 Å². The summed E-state index contributed by atoms with van der Waals surface area (Å²) in [4.78, 5) is 23.1. The summed E-state index contributed by atoms with van der Waals surface area (Å²) >= 11 is 1.55. The number of carbonyl (C=O) groups is 1. The molecule has 1 unspecified atom stereocenters. The predicted octanol–water partition coefficient (Wildman–Crippen LogP) is 3.70. The summed E-state index contributed by atoms with van der Waals surface area (Å²) in [5, 5.41) is 0. The lowest BCUT2D eigenvalue weighted by molar-refractivity contribution is 0.0743. The first kappa shape index (κ1) is 15.6. The summed E-state index contributed by atoms with van der Waals surface area (Å²) in [6, 6.07) is 9.79. The van der Waals surface area contributed by atoms with E-state index in [9.17, 15) is 4.79 Å². The highest BCUT2D eigenvalue weighted by Gasteiger charge is 2.19. The van der Waals surface area contributed by atoms with Gasteiger partial charge in [-0.25, -0.2) is 4.98 Å². The fraction of sp³-hybridized carbons (Fsp3) is 0.278. The smallest absolute Gasteiger partial charge is 0.253 e. The van der Waals surface area contributed by atoms with Crippen LogP contribution in [0.3, 0.4) is 0 Å². The second-order valence-corrected chi connectivity index (χ2v) is 6.71. The maximum atomic E-state index is 12.7. The Morgan fingerprint density at radius 2 is 2.09 bits per heavy atom. The number of benzene rings is 1. The van der Waals surface area contributed by atoms with E-state index in [0.29, 0.717) is 5.56 Å². The van der Waals surface area contributed by atoms with E-state index in [1.54, 1.807) is 21.7 Å². The second kappa shape index (κ2) is 6.46. The van der Waals surface area contributed by atoms with E-state index < -0.39 is 0 Å². The lowest BCUT2D eigenvalue weighted by Crippen LogP contribution is -2.36. The molecule has 2 aromatic heterocycles. The molecular formula is C18H19N3OS. The molecule has 0 fully saturated rings. The van der Waals surface area contributed by atoms with Gasteiger partial charge in [0.25, 0.3) is 5.91 Å². The number of thiazole rings is 1. The zero-order valence-electron chi connectivity index (χ0n) is 13.5. The van der Waals surface area contributed by atoms with Gasteiger partial charge in [0.05, 0.1) is 15.7 Å². The summed E-state index contributed by atoms with van der Waals surface area (Å²) in [7, 11) is 1.85. The molecule has 4 nitrogen and oxygen atoms in total. The molecule has 0 saturated carbocycles. The molecule has 0 saturated heterocycles. The van der Waals surface area contributed by atoms with Crippen molar-refractivity contribution in [1.29, 1.82) is 0 Å². The number of hydrogen-bond donors (Lipinski definition) is 0. The standard InChI is InChI=1S/C18H19N3OS/c1-12-6-7-19-15(8-12)9-13(2)21(3)18(22)14-4-5-16-17(10-14)23-11-20-16/h4-8,10-11,13H,9H2,1-3H3. The Morgan fingerprint density at radius 1 is 1.26 bits per heavy atom. The average Bonchev–Trinajstić information content (AvgIpc) is 3.01. The molecular weight excluding hydrogens is 306 g/mol. The van der Waals surface area contributed by atoms with Gasteiger partial charge in [-0.1, -0.05) is 0 Å². The van der Waals surface area contributed by atoms with Crippen LogP contribution >= 0.6 is 11.3 Å². The number of rotatable bonds is 4. The Kier molecular flexibility index (Phi) is 4.39. The minimum absolute atomic E-state index is 0.0282. The first-order valence-electron chi connectivity index (χ1n) is 7.56. The SMILES string of the molecule is Cc1ccnc(CC(C)N(C)C(=O)c2ccc3ncsc3c2)c1. The minimum atomic E-state index is 0.0282. The van der Waals surface area contributed by atoms with Crippen LogP contribution in [0, 0.1) is 6.92 Å². The van der Waals surface area contributed by atoms with E-state index in [0.717, 1.165) is 22.3 Å². The second-order valence-electron chi connectivity index (χ2n) is 5.83. The van der Waals surface area contributed by atoms with Gasteiger partial charge in [0.15, 0.2) is 0 Å². The van der Waals surface area contributed by atoms with Crippen molar-refractivity contribution < 1.29 is 4.79 Å². The zero-order valence-corrected chi connectivity index (χ0v) is 14.3. The van der Waals surface area contributed by atoms with Crippen LogP contribution < -0.4 is 0 Å². The quantitative estimate of drug-likeness (QED) is 0.735. The molecule has 5 heteroatoms. The van der Waals surface area contributed by atoms with Crippen molar-refractivity contribution in [3.63, 3.8) is 0 Å². The number of aryl methyl sites for hydroxylation is 1. The van der Waals surface area contributed by atoms with Gasteiger partial charge >= 0.3 is 0 Å². The van der Waals surface area contributed by atoms with Gasteiger partial charge in [0.1, 0.15) is 0 Å². The van der Waals surface area contributed by atoms with Gasteiger partial charge in [0.2, 0.25) is 0 Å². The molecule has 3 aromatic rings. The first-order chi connectivity index (χ1) is 11.0. The van der Waals surface area contributed by atoms with Gasteiger partial charge in [-0.05, 0) is 49.7 Å². The predicted molar refractivity (Wildman–Crippen MR) is 93.9 cm³/mol. The summed E-state index contributed by atoms with van der Waals surface area (Å²) in [5.74, 6) is 0.0282. The van der Waals surface area contributed by atoms with Crippen LogP contribution in [0.2, 0.25) is 0 Å². The summed E-state index contributed by atoms with van der Waals surface area (Å²) in [6.07, 6.45) is 2.56. The van der Waals surface area contributed by atoms with E-state index in [1.807, 2.05) is 44.4 Å². The Hall–Kier alpha value is -2.27. The van der Waals surface area contributed by atoms with E-state index in [4.69, 9.17) is 0 Å². The van der Waals surface area contributed by atoms with Crippen LogP contribution in [0.4, 0.5) is 0 Å². The third kappa shape index (κ3) is 3.40. The lowest BCUT2D eigenvalue weighted by atomic mass is 10.1. The molecule has 3 rings (SSSR count). The molecule has 118 valence electrons. The summed E-state index contributed by atoms with van der Waals surface area (Å²) in [6.45, 7) is 4.10. The number of hydrogen-bond acceptors (Lipinski definition) is 4. The maximum Gasteiger partial charge on any atom is 0.253 e. The maximum absolute atomic E-state index is 12.7. The molecule has 0 N–H and O–H groups in total. The molecule has 0 bridgehead atoms. The van der Waals surface area contributed by atoms with Crippen LogP contribution in [0.5, 0.6) is 0 Å². The van der Waals surface area contributed by atoms with Gasteiger partial charge in [-0.15, -0.1) is 11.3 Å². The Morgan fingerprint density at radius 3 is 2.87 bits per heavy atom. The molecule has 0 radical (unpaired) electrons. The molecule has 1 atom stereocenters. The zero-order chi connectivity index (χ0) is 16.4. The van der Waals surface area contributed by atoms with E-state index in [1.165, 1.54) is 5.56 Å². The minimum Gasteiger partial charge on any atom is -0.339 e. The molecule has 0 aliphatic heterocycles. The van der Waals surface area contributed by atoms with Gasteiger partial charge in [0, 0.05) is 37.0 Å². The summed E-state index contributed by atoms with van der Waals surface area (Å²) in [5.41, 5.74) is 5.63. The third-order valence-corrected chi connectivity index (χ3v) is 4.83. The van der Waals surface area contributed by atoms with Crippen molar-refractivity contribution in [3.8, 4) is 0 Å². The van der Waals surface area contributed by atoms with E-state index >= 15 is 0 Å². The van der Waals surface area contributed by atoms with Crippen LogP contribution in [0.1, 0.15) is 28.5 Å². The molecule has 0 aliphatic carbocycles. The van der Waals surface area contributed by atoms with Crippen LogP contribution in [0.15, 0.2) is 42.0 Å². The fourth-order valence-electron chi connectivity index (χ4n) is 2.54. The fourth-order valence-corrected chi connectivity index (χ4v) is 3.26. The van der Waals surface area contributed by atoms with Gasteiger partial charge in [-0.3, -0.25) is 9.78 Å². The topological polar surface area (TPSA) is 46.1 Å². The Bertz CT molecular complexity index is 843.